The number of likely N-dealkylation sites (N-methyl/N-ethyl adjacent to an activating group) is 1. The minimum atomic E-state index is -1.91. The number of nitrogens with two attached hydrogens (primary N) is 2. The van der Waals surface area contributed by atoms with Crippen molar-refractivity contribution in [3.63, 3.8) is 0 Å². The van der Waals surface area contributed by atoms with Crippen molar-refractivity contribution < 1.29 is 28.6 Å². The van der Waals surface area contributed by atoms with E-state index in [0.29, 0.717) is 21.2 Å². The Bertz CT molecular complexity index is 1190. The van der Waals surface area contributed by atoms with Gasteiger partial charge in [0, 0.05) is 40.8 Å². The van der Waals surface area contributed by atoms with Crippen LogP contribution in [0.1, 0.15) is 52.2 Å². The molecule has 12 heteroatoms. The minimum absolute atomic E-state index is 0.0143. The maximum absolute atomic E-state index is 13.6. The molecule has 2 aromatic rings. The smallest absolute Gasteiger partial charge is 0.407 e. The van der Waals surface area contributed by atoms with E-state index in [2.05, 4.69) is 10.6 Å². The van der Waals surface area contributed by atoms with Gasteiger partial charge in [-0.05, 0) is 70.5 Å². The molecular weight excluding hydrogens is 547 g/mol. The normalized spacial score (nSPS) is 13.5. The maximum atomic E-state index is 13.6. The summed E-state index contributed by atoms with van der Waals surface area (Å²) in [6.45, 7) is 8.86. The summed E-state index contributed by atoms with van der Waals surface area (Å²) in [4.78, 5) is 38.7. The Balaban J connectivity index is 2.56. The summed E-state index contributed by atoms with van der Waals surface area (Å²) in [5, 5.41) is 6.13. The molecule has 0 saturated heterocycles. The second kappa shape index (κ2) is 13.7. The molecule has 6 N–H and O–H groups in total. The summed E-state index contributed by atoms with van der Waals surface area (Å²) >= 11 is 12.3. The molecule has 0 radical (unpaired) electrons. The Morgan fingerprint density at radius 3 is 2.05 bits per heavy atom. The van der Waals surface area contributed by atoms with E-state index in [-0.39, 0.29) is 37.6 Å². The highest BCUT2D eigenvalue weighted by Gasteiger charge is 2.52. The fraction of sp³-hybridized carbons (Fsp3) is 0.444. The number of carbonyl (C=O) groups is 3. The van der Waals surface area contributed by atoms with Gasteiger partial charge in [-0.1, -0.05) is 30.1 Å². The van der Waals surface area contributed by atoms with Gasteiger partial charge in [-0.15, -0.1) is 0 Å². The molecule has 0 bridgehead atoms. The van der Waals surface area contributed by atoms with Crippen LogP contribution in [0.3, 0.4) is 0 Å². The van der Waals surface area contributed by atoms with Crippen molar-refractivity contribution in [2.24, 2.45) is 11.5 Å². The number of amides is 3. The first-order chi connectivity index (χ1) is 18.3. The lowest BCUT2D eigenvalue weighted by Gasteiger charge is -2.38. The molecule has 39 heavy (non-hydrogen) atoms. The van der Waals surface area contributed by atoms with Crippen molar-refractivity contribution in [2.75, 3.05) is 6.54 Å². The summed E-state index contributed by atoms with van der Waals surface area (Å²) in [6.07, 6.45) is -2.25. The molecule has 2 rings (SSSR count). The number of halogens is 2. The van der Waals surface area contributed by atoms with Gasteiger partial charge in [0.25, 0.3) is 11.8 Å². The van der Waals surface area contributed by atoms with Gasteiger partial charge in [-0.25, -0.2) is 4.79 Å². The van der Waals surface area contributed by atoms with Crippen LogP contribution >= 0.6 is 23.2 Å². The third kappa shape index (κ3) is 8.64. The first-order valence-corrected chi connectivity index (χ1v) is 13.2. The Hall–Kier alpha value is -3.21. The van der Waals surface area contributed by atoms with Gasteiger partial charge >= 0.3 is 6.09 Å². The van der Waals surface area contributed by atoms with Crippen LogP contribution < -0.4 is 31.6 Å². The fourth-order valence-corrected chi connectivity index (χ4v) is 4.13. The zero-order valence-electron chi connectivity index (χ0n) is 22.7. The van der Waals surface area contributed by atoms with Crippen molar-refractivity contribution in [2.45, 2.75) is 71.4 Å². The quantitative estimate of drug-likeness (QED) is 0.294. The van der Waals surface area contributed by atoms with E-state index >= 15 is 0 Å². The highest BCUT2D eigenvalue weighted by molar-refractivity contribution is 6.31. The molecule has 0 heterocycles. The van der Waals surface area contributed by atoms with Crippen molar-refractivity contribution in [3.8, 4) is 11.5 Å². The molecule has 0 saturated carbocycles. The van der Waals surface area contributed by atoms with Crippen LogP contribution in [-0.2, 0) is 27.4 Å². The van der Waals surface area contributed by atoms with Crippen molar-refractivity contribution in [3.05, 3.63) is 57.6 Å². The molecule has 2 unspecified atom stereocenters. The number of ether oxygens (including phenoxy) is 3. The molecule has 3 amide bonds. The largest absolute Gasteiger partial charge is 0.475 e. The first-order valence-electron chi connectivity index (χ1n) is 12.4. The predicted octanol–water partition coefficient (Wildman–Crippen LogP) is 4.07. The lowest BCUT2D eigenvalue weighted by molar-refractivity contribution is -0.154. The molecule has 0 aliphatic heterocycles. The molecule has 0 aliphatic carbocycles. The number of nitrogens with one attached hydrogen (secondary N) is 2. The molecule has 0 aliphatic rings. The highest BCUT2D eigenvalue weighted by Crippen LogP contribution is 2.33. The number of alkyl carbamates (subject to hydrolysis) is 1. The monoisotopic (exact) mass is 582 g/mol. The van der Waals surface area contributed by atoms with Crippen LogP contribution in [0.15, 0.2) is 36.4 Å². The predicted molar refractivity (Wildman–Crippen MR) is 150 cm³/mol. The van der Waals surface area contributed by atoms with E-state index in [1.54, 1.807) is 58.9 Å². The zero-order valence-corrected chi connectivity index (χ0v) is 24.2. The lowest BCUT2D eigenvalue weighted by atomic mass is 9.90. The molecule has 0 spiro atoms. The molecule has 2 aromatic carbocycles. The van der Waals surface area contributed by atoms with Gasteiger partial charge in [0.15, 0.2) is 0 Å². The standard InChI is InChI=1S/C27H36Cl2N4O6/c1-6-27(24(35)32-7-2,22(23(31)34)37-20-10-8-18(28)12-16(20)14-30)38-21-11-9-19(29)13-17(21)15-33-25(36)39-26(3,4)5/h8-13,22H,6-7,14-15,30H2,1-5H3,(H2,31,34)(H,32,35)(H,33,36). The van der Waals surface area contributed by atoms with Crippen LogP contribution in [-0.4, -0.2) is 41.8 Å². The second-order valence-electron chi connectivity index (χ2n) is 9.67. The zero-order chi connectivity index (χ0) is 29.4. The van der Waals surface area contributed by atoms with E-state index < -0.39 is 35.2 Å². The highest BCUT2D eigenvalue weighted by atomic mass is 35.5. The third-order valence-electron chi connectivity index (χ3n) is 5.55. The SMILES string of the molecule is CCNC(=O)C(CC)(Oc1ccc(Cl)cc1CNC(=O)OC(C)(C)C)C(Oc1ccc(Cl)cc1CN)C(N)=O. The van der Waals surface area contributed by atoms with Gasteiger partial charge in [0.1, 0.15) is 17.1 Å². The van der Waals surface area contributed by atoms with Gasteiger partial charge in [0.05, 0.1) is 0 Å². The van der Waals surface area contributed by atoms with Crippen LogP contribution in [0.4, 0.5) is 4.79 Å². The second-order valence-corrected chi connectivity index (χ2v) is 10.5. The number of benzene rings is 2. The molecular formula is C27H36Cl2N4O6. The van der Waals surface area contributed by atoms with E-state index in [1.807, 2.05) is 0 Å². The average Bonchev–Trinajstić information content (AvgIpc) is 2.85. The molecule has 0 aromatic heterocycles. The van der Waals surface area contributed by atoms with Crippen LogP contribution in [0.5, 0.6) is 11.5 Å². The Kier molecular flexibility index (Phi) is 11.3. The lowest BCUT2D eigenvalue weighted by Crippen LogP contribution is -2.64. The third-order valence-corrected chi connectivity index (χ3v) is 6.02. The number of hydrogen-bond acceptors (Lipinski definition) is 7. The van der Waals surface area contributed by atoms with Crippen LogP contribution in [0.2, 0.25) is 10.0 Å². The molecule has 0 fully saturated rings. The summed E-state index contributed by atoms with van der Waals surface area (Å²) in [5.41, 5.74) is 9.96. The van der Waals surface area contributed by atoms with Gasteiger partial charge in [0.2, 0.25) is 11.7 Å². The number of rotatable bonds is 12. The van der Waals surface area contributed by atoms with Crippen LogP contribution in [0, 0.1) is 0 Å². The summed E-state index contributed by atoms with van der Waals surface area (Å²) < 4.78 is 17.7. The van der Waals surface area contributed by atoms with E-state index in [4.69, 9.17) is 48.9 Å². The van der Waals surface area contributed by atoms with Crippen molar-refractivity contribution in [1.29, 1.82) is 0 Å². The van der Waals surface area contributed by atoms with Gasteiger partial charge in [-0.3, -0.25) is 9.59 Å². The fourth-order valence-electron chi connectivity index (χ4n) is 3.74. The minimum Gasteiger partial charge on any atom is -0.475 e. The maximum Gasteiger partial charge on any atom is 0.407 e. The van der Waals surface area contributed by atoms with Gasteiger partial charge in [-0.2, -0.15) is 0 Å². The average molecular weight is 584 g/mol. The number of carbonyl (C=O) groups excluding carboxylic acids is 3. The Labute approximate surface area is 238 Å². The topological polar surface area (TPSA) is 155 Å². The van der Waals surface area contributed by atoms with Crippen LogP contribution in [0.25, 0.3) is 0 Å². The number of primary amides is 1. The van der Waals surface area contributed by atoms with E-state index in [1.165, 1.54) is 12.1 Å². The van der Waals surface area contributed by atoms with Crippen molar-refractivity contribution >= 4 is 41.1 Å². The summed E-state index contributed by atoms with van der Waals surface area (Å²) in [7, 11) is 0. The van der Waals surface area contributed by atoms with Gasteiger partial charge < -0.3 is 36.3 Å². The molecule has 214 valence electrons. The first kappa shape index (κ1) is 32.0. The van der Waals surface area contributed by atoms with E-state index in [0.717, 1.165) is 0 Å². The summed E-state index contributed by atoms with van der Waals surface area (Å²) in [6, 6.07) is 9.35. The number of hydrogen-bond donors (Lipinski definition) is 4. The summed E-state index contributed by atoms with van der Waals surface area (Å²) in [5.74, 6) is -1.17. The Morgan fingerprint density at radius 2 is 1.54 bits per heavy atom. The molecule has 10 nitrogen and oxygen atoms in total. The molecule has 2 atom stereocenters. The van der Waals surface area contributed by atoms with Crippen molar-refractivity contribution in [1.82, 2.24) is 10.6 Å². The van der Waals surface area contributed by atoms with E-state index in [9.17, 15) is 14.4 Å². The Morgan fingerprint density at radius 1 is 0.949 bits per heavy atom.